The van der Waals surface area contributed by atoms with Crippen molar-refractivity contribution in [1.82, 2.24) is 4.98 Å². The fourth-order valence-corrected chi connectivity index (χ4v) is 3.00. The number of benzene rings is 2. The molecule has 146 valence electrons. The molecule has 0 atom stereocenters. The van der Waals surface area contributed by atoms with Crippen LogP contribution in [0, 0.1) is 5.82 Å². The highest BCUT2D eigenvalue weighted by atomic mass is 19.3. The Labute approximate surface area is 162 Å². The molecule has 0 aliphatic rings. The lowest BCUT2D eigenvalue weighted by Gasteiger charge is -2.27. The summed E-state index contributed by atoms with van der Waals surface area (Å²) in [4.78, 5) is 5.94. The number of halogens is 3. The van der Waals surface area contributed by atoms with Gasteiger partial charge < -0.3 is 9.64 Å². The maximum absolute atomic E-state index is 14.5. The van der Waals surface area contributed by atoms with E-state index in [1.165, 1.54) is 13.2 Å². The van der Waals surface area contributed by atoms with Crippen molar-refractivity contribution in [2.45, 2.75) is 25.9 Å². The van der Waals surface area contributed by atoms with Crippen LogP contribution in [0.15, 0.2) is 66.7 Å². The molecule has 0 saturated carbocycles. The minimum absolute atomic E-state index is 0.129. The molecular weight excluding hydrogens is 365 g/mol. The molecule has 3 aromatic rings. The summed E-state index contributed by atoms with van der Waals surface area (Å²) < 4.78 is 45.2. The largest absolute Gasteiger partial charge is 0.480 e. The standard InChI is InChI=1S/C22H21F3N2O/c1-28-22-20(12-18(23)19(26-22)13-21(24)25)27(14-16-8-4-2-5-9-16)15-17-10-6-3-7-11-17/h2-12,21H,13-15H2,1H3. The monoisotopic (exact) mass is 386 g/mol. The highest BCUT2D eigenvalue weighted by Crippen LogP contribution is 2.31. The number of hydrogen-bond donors (Lipinski definition) is 0. The van der Waals surface area contributed by atoms with Gasteiger partial charge in [0.05, 0.1) is 19.2 Å². The van der Waals surface area contributed by atoms with Crippen LogP contribution >= 0.6 is 0 Å². The number of alkyl halides is 2. The zero-order valence-electron chi connectivity index (χ0n) is 15.5. The molecule has 0 amide bonds. The molecule has 3 nitrogen and oxygen atoms in total. The first-order valence-corrected chi connectivity index (χ1v) is 8.91. The fraction of sp³-hybridized carbons (Fsp3) is 0.227. The number of ether oxygens (including phenoxy) is 1. The van der Waals surface area contributed by atoms with E-state index in [4.69, 9.17) is 4.74 Å². The van der Waals surface area contributed by atoms with Crippen LogP contribution in [0.3, 0.4) is 0 Å². The highest BCUT2D eigenvalue weighted by molar-refractivity contribution is 5.56. The molecule has 3 rings (SSSR count). The fourth-order valence-electron chi connectivity index (χ4n) is 3.00. The van der Waals surface area contributed by atoms with Gasteiger partial charge in [0.2, 0.25) is 12.3 Å². The van der Waals surface area contributed by atoms with E-state index < -0.39 is 18.7 Å². The van der Waals surface area contributed by atoms with Crippen molar-refractivity contribution in [3.8, 4) is 5.88 Å². The Bertz CT molecular complexity index is 848. The number of nitrogens with zero attached hydrogens (tertiary/aromatic N) is 2. The minimum Gasteiger partial charge on any atom is -0.480 e. The van der Waals surface area contributed by atoms with E-state index in [0.717, 1.165) is 11.1 Å². The number of aromatic nitrogens is 1. The summed E-state index contributed by atoms with van der Waals surface area (Å²) in [6, 6.07) is 20.7. The van der Waals surface area contributed by atoms with Gasteiger partial charge in [-0.05, 0) is 11.1 Å². The molecule has 0 radical (unpaired) electrons. The van der Waals surface area contributed by atoms with E-state index in [-0.39, 0.29) is 11.6 Å². The Morgan fingerprint density at radius 2 is 1.46 bits per heavy atom. The molecule has 1 heterocycles. The second-order valence-electron chi connectivity index (χ2n) is 6.37. The first-order valence-electron chi connectivity index (χ1n) is 8.91. The van der Waals surface area contributed by atoms with Crippen molar-refractivity contribution in [2.24, 2.45) is 0 Å². The molecule has 0 fully saturated rings. The van der Waals surface area contributed by atoms with Crippen LogP contribution in [-0.4, -0.2) is 18.5 Å². The van der Waals surface area contributed by atoms with Gasteiger partial charge in [0.15, 0.2) is 0 Å². The third-order valence-electron chi connectivity index (χ3n) is 4.31. The molecule has 0 N–H and O–H groups in total. The highest BCUT2D eigenvalue weighted by Gasteiger charge is 2.20. The Balaban J connectivity index is 1.99. The average Bonchev–Trinajstić information content (AvgIpc) is 2.70. The van der Waals surface area contributed by atoms with Gasteiger partial charge in [0, 0.05) is 19.2 Å². The molecule has 0 aliphatic heterocycles. The quantitative estimate of drug-likeness (QED) is 0.529. The Kier molecular flexibility index (Phi) is 6.53. The summed E-state index contributed by atoms with van der Waals surface area (Å²) in [7, 11) is 1.40. The summed E-state index contributed by atoms with van der Waals surface area (Å²) in [6.45, 7) is 0.975. The van der Waals surface area contributed by atoms with Crippen molar-refractivity contribution in [2.75, 3.05) is 12.0 Å². The van der Waals surface area contributed by atoms with Crippen LogP contribution in [0.4, 0.5) is 18.9 Å². The SMILES string of the molecule is COc1nc(CC(F)F)c(F)cc1N(Cc1ccccc1)Cc1ccccc1. The maximum atomic E-state index is 14.5. The summed E-state index contributed by atoms with van der Waals surface area (Å²) in [5, 5.41) is 0. The molecule has 0 saturated heterocycles. The lowest BCUT2D eigenvalue weighted by molar-refractivity contribution is 0.146. The summed E-state index contributed by atoms with van der Waals surface area (Å²) in [5.41, 5.74) is 2.18. The average molecular weight is 386 g/mol. The molecular formula is C22H21F3N2O. The molecule has 0 spiro atoms. The summed E-state index contributed by atoms with van der Waals surface area (Å²) >= 11 is 0. The number of hydrogen-bond acceptors (Lipinski definition) is 3. The van der Waals surface area contributed by atoms with Gasteiger partial charge in [-0.1, -0.05) is 60.7 Å². The van der Waals surface area contributed by atoms with Crippen LogP contribution in [0.2, 0.25) is 0 Å². The van der Waals surface area contributed by atoms with E-state index in [0.29, 0.717) is 18.8 Å². The zero-order chi connectivity index (χ0) is 19.9. The molecule has 0 unspecified atom stereocenters. The molecule has 28 heavy (non-hydrogen) atoms. The van der Waals surface area contributed by atoms with Gasteiger partial charge in [-0.25, -0.2) is 18.2 Å². The Morgan fingerprint density at radius 3 is 1.93 bits per heavy atom. The van der Waals surface area contributed by atoms with Gasteiger partial charge in [-0.15, -0.1) is 0 Å². The first kappa shape index (κ1) is 19.7. The van der Waals surface area contributed by atoms with E-state index >= 15 is 0 Å². The van der Waals surface area contributed by atoms with Gasteiger partial charge in [-0.3, -0.25) is 0 Å². The van der Waals surface area contributed by atoms with Crippen molar-refractivity contribution in [3.05, 3.63) is 89.4 Å². The number of pyridine rings is 1. The molecule has 6 heteroatoms. The summed E-state index contributed by atoms with van der Waals surface area (Å²) in [6.07, 6.45) is -3.43. The lowest BCUT2D eigenvalue weighted by Crippen LogP contribution is -2.23. The molecule has 2 aromatic carbocycles. The smallest absolute Gasteiger partial charge is 0.244 e. The van der Waals surface area contributed by atoms with E-state index in [2.05, 4.69) is 4.98 Å². The lowest BCUT2D eigenvalue weighted by atomic mass is 10.1. The first-order chi connectivity index (χ1) is 13.6. The number of methoxy groups -OCH3 is 1. The zero-order valence-corrected chi connectivity index (χ0v) is 15.5. The predicted molar refractivity (Wildman–Crippen MR) is 103 cm³/mol. The van der Waals surface area contributed by atoms with Crippen LogP contribution in [0.1, 0.15) is 16.8 Å². The molecule has 1 aromatic heterocycles. The molecule has 0 bridgehead atoms. The van der Waals surface area contributed by atoms with E-state index in [1.54, 1.807) is 0 Å². The van der Waals surface area contributed by atoms with Crippen molar-refractivity contribution in [3.63, 3.8) is 0 Å². The number of anilines is 1. The van der Waals surface area contributed by atoms with Gasteiger partial charge >= 0.3 is 0 Å². The van der Waals surface area contributed by atoms with E-state index in [9.17, 15) is 13.2 Å². The molecule has 0 aliphatic carbocycles. The normalized spacial score (nSPS) is 10.9. The predicted octanol–water partition coefficient (Wildman–Crippen LogP) is 5.24. The Hall–Kier alpha value is -3.02. The van der Waals surface area contributed by atoms with Gasteiger partial charge in [0.1, 0.15) is 11.5 Å². The minimum atomic E-state index is -2.68. The second kappa shape index (κ2) is 9.26. The van der Waals surface area contributed by atoms with Crippen molar-refractivity contribution < 1.29 is 17.9 Å². The Morgan fingerprint density at radius 1 is 0.929 bits per heavy atom. The van der Waals surface area contributed by atoms with Crippen LogP contribution in [0.25, 0.3) is 0 Å². The van der Waals surface area contributed by atoms with Gasteiger partial charge in [0.25, 0.3) is 0 Å². The maximum Gasteiger partial charge on any atom is 0.244 e. The topological polar surface area (TPSA) is 25.4 Å². The van der Waals surface area contributed by atoms with Crippen LogP contribution < -0.4 is 9.64 Å². The second-order valence-corrected chi connectivity index (χ2v) is 6.37. The third kappa shape index (κ3) is 5.03. The van der Waals surface area contributed by atoms with Crippen molar-refractivity contribution in [1.29, 1.82) is 0 Å². The number of rotatable bonds is 8. The van der Waals surface area contributed by atoms with Crippen molar-refractivity contribution >= 4 is 5.69 Å². The van der Waals surface area contributed by atoms with Crippen LogP contribution in [0.5, 0.6) is 5.88 Å². The van der Waals surface area contributed by atoms with Crippen LogP contribution in [-0.2, 0) is 19.5 Å². The van der Waals surface area contributed by atoms with E-state index in [1.807, 2.05) is 65.6 Å². The van der Waals surface area contributed by atoms with Gasteiger partial charge in [-0.2, -0.15) is 0 Å². The summed E-state index contributed by atoms with van der Waals surface area (Å²) in [5.74, 6) is -0.633. The third-order valence-corrected chi connectivity index (χ3v) is 4.31.